The monoisotopic (exact) mass is 276 g/mol. The van der Waals surface area contributed by atoms with Crippen LogP contribution in [-0.4, -0.2) is 23.9 Å². The molecule has 20 heavy (non-hydrogen) atoms. The maximum absolute atomic E-state index is 10.8. The van der Waals surface area contributed by atoms with Crippen molar-refractivity contribution in [2.45, 2.75) is 51.9 Å². The van der Waals surface area contributed by atoms with E-state index in [1.165, 1.54) is 5.56 Å². The van der Waals surface area contributed by atoms with Gasteiger partial charge in [-0.2, -0.15) is 0 Å². The van der Waals surface area contributed by atoms with Crippen LogP contribution >= 0.6 is 0 Å². The summed E-state index contributed by atoms with van der Waals surface area (Å²) in [5, 5.41) is 10.8. The average Bonchev–Trinajstić information content (AvgIpc) is 2.71. The van der Waals surface area contributed by atoms with Crippen LogP contribution in [0.25, 0.3) is 0 Å². The van der Waals surface area contributed by atoms with E-state index in [4.69, 9.17) is 9.47 Å². The topological polar surface area (TPSA) is 38.7 Å². The Balaban J connectivity index is 1.85. The van der Waals surface area contributed by atoms with Crippen LogP contribution in [0.15, 0.2) is 18.2 Å². The highest BCUT2D eigenvalue weighted by Gasteiger charge is 2.41. The van der Waals surface area contributed by atoms with Gasteiger partial charge in [0.05, 0.1) is 24.9 Å². The molecule has 110 valence electrons. The molecule has 0 radical (unpaired) electrons. The minimum Gasteiger partial charge on any atom is -0.493 e. The quantitative estimate of drug-likeness (QED) is 0.902. The van der Waals surface area contributed by atoms with E-state index in [-0.39, 0.29) is 18.1 Å². The minimum atomic E-state index is -0.461. The van der Waals surface area contributed by atoms with Crippen molar-refractivity contribution in [1.82, 2.24) is 0 Å². The Morgan fingerprint density at radius 3 is 2.70 bits per heavy atom. The fourth-order valence-corrected chi connectivity index (χ4v) is 3.62. The van der Waals surface area contributed by atoms with Crippen LogP contribution in [0.2, 0.25) is 0 Å². The lowest BCUT2D eigenvalue weighted by Crippen LogP contribution is -2.25. The molecule has 1 fully saturated rings. The number of benzene rings is 1. The maximum atomic E-state index is 10.8. The Morgan fingerprint density at radius 1 is 1.20 bits per heavy atom. The Labute approximate surface area is 120 Å². The molecule has 1 N–H and O–H groups in total. The molecule has 1 saturated heterocycles. The summed E-state index contributed by atoms with van der Waals surface area (Å²) in [5.74, 6) is 1.50. The van der Waals surface area contributed by atoms with E-state index in [1.54, 1.807) is 0 Å². The van der Waals surface area contributed by atoms with Gasteiger partial charge in [-0.25, -0.2) is 0 Å². The molecule has 0 aromatic heterocycles. The first-order valence-electron chi connectivity index (χ1n) is 7.67. The van der Waals surface area contributed by atoms with Crippen LogP contribution in [0.4, 0.5) is 0 Å². The molecule has 0 aliphatic carbocycles. The molecule has 1 aromatic rings. The first kappa shape index (κ1) is 13.9. The van der Waals surface area contributed by atoms with Gasteiger partial charge >= 0.3 is 0 Å². The lowest BCUT2D eigenvalue weighted by atomic mass is 9.81. The summed E-state index contributed by atoms with van der Waals surface area (Å²) in [7, 11) is 0. The SMILES string of the molecule is CC1OC(C)C(C(O)c2ccc3c(c2)CCCO3)C1C. The predicted molar refractivity (Wildman–Crippen MR) is 77.9 cm³/mol. The van der Waals surface area contributed by atoms with Gasteiger partial charge in [0.1, 0.15) is 5.75 Å². The van der Waals surface area contributed by atoms with Gasteiger partial charge < -0.3 is 14.6 Å². The van der Waals surface area contributed by atoms with E-state index in [0.29, 0.717) is 5.92 Å². The third-order valence-corrected chi connectivity index (χ3v) is 4.96. The van der Waals surface area contributed by atoms with Crippen LogP contribution in [-0.2, 0) is 11.2 Å². The highest BCUT2D eigenvalue weighted by molar-refractivity contribution is 5.39. The van der Waals surface area contributed by atoms with Crippen molar-refractivity contribution in [3.63, 3.8) is 0 Å². The van der Waals surface area contributed by atoms with Crippen LogP contribution in [0.5, 0.6) is 5.75 Å². The molecule has 2 heterocycles. The normalized spacial score (nSPS) is 34.4. The van der Waals surface area contributed by atoms with Crippen LogP contribution in [0.3, 0.4) is 0 Å². The zero-order valence-corrected chi connectivity index (χ0v) is 12.5. The molecule has 0 spiro atoms. The fourth-order valence-electron chi connectivity index (χ4n) is 3.62. The Morgan fingerprint density at radius 2 is 2.00 bits per heavy atom. The highest BCUT2D eigenvalue weighted by Crippen LogP contribution is 2.41. The van der Waals surface area contributed by atoms with E-state index >= 15 is 0 Å². The minimum absolute atomic E-state index is 0.0993. The molecule has 0 bridgehead atoms. The van der Waals surface area contributed by atoms with E-state index in [0.717, 1.165) is 30.8 Å². The number of aliphatic hydroxyl groups is 1. The molecule has 2 aliphatic heterocycles. The molecular weight excluding hydrogens is 252 g/mol. The van der Waals surface area contributed by atoms with Gasteiger partial charge in [0, 0.05) is 5.92 Å². The number of fused-ring (bicyclic) bond motifs is 1. The van der Waals surface area contributed by atoms with Gasteiger partial charge in [-0.15, -0.1) is 0 Å². The molecule has 2 aliphatic rings. The first-order chi connectivity index (χ1) is 9.58. The van der Waals surface area contributed by atoms with Crippen molar-refractivity contribution < 1.29 is 14.6 Å². The lowest BCUT2D eigenvalue weighted by Gasteiger charge is -2.26. The highest BCUT2D eigenvalue weighted by atomic mass is 16.5. The van der Waals surface area contributed by atoms with E-state index in [9.17, 15) is 5.11 Å². The smallest absolute Gasteiger partial charge is 0.122 e. The van der Waals surface area contributed by atoms with Crippen molar-refractivity contribution in [3.05, 3.63) is 29.3 Å². The summed E-state index contributed by atoms with van der Waals surface area (Å²) in [4.78, 5) is 0. The molecule has 0 saturated carbocycles. The maximum Gasteiger partial charge on any atom is 0.122 e. The molecule has 3 rings (SSSR count). The summed E-state index contributed by atoms with van der Waals surface area (Å²) >= 11 is 0. The Hall–Kier alpha value is -1.06. The summed E-state index contributed by atoms with van der Waals surface area (Å²) in [6.07, 6.45) is 1.95. The second kappa shape index (κ2) is 5.38. The molecule has 3 heteroatoms. The Bertz CT molecular complexity index is 485. The van der Waals surface area contributed by atoms with Gasteiger partial charge in [0.15, 0.2) is 0 Å². The van der Waals surface area contributed by atoms with Gasteiger partial charge in [0.25, 0.3) is 0 Å². The second-order valence-electron chi connectivity index (χ2n) is 6.25. The number of hydrogen-bond donors (Lipinski definition) is 1. The standard InChI is InChI=1S/C17H24O3/c1-10-11(2)20-12(3)16(10)17(18)14-6-7-15-13(9-14)5-4-8-19-15/h6-7,9-12,16-18H,4-5,8H2,1-3H3. The van der Waals surface area contributed by atoms with Crippen molar-refractivity contribution in [3.8, 4) is 5.75 Å². The van der Waals surface area contributed by atoms with Crippen LogP contribution in [0.1, 0.15) is 44.4 Å². The zero-order chi connectivity index (χ0) is 14.3. The van der Waals surface area contributed by atoms with E-state index in [2.05, 4.69) is 26.8 Å². The summed E-state index contributed by atoms with van der Waals surface area (Å²) in [6, 6.07) is 6.11. The number of ether oxygens (including phenoxy) is 2. The molecular formula is C17H24O3. The lowest BCUT2D eigenvalue weighted by molar-refractivity contribution is 0.0231. The Kier molecular flexibility index (Phi) is 3.74. The van der Waals surface area contributed by atoms with E-state index < -0.39 is 6.10 Å². The molecule has 5 atom stereocenters. The number of aryl methyl sites for hydroxylation is 1. The van der Waals surface area contributed by atoms with Gasteiger partial charge in [-0.05, 0) is 55.9 Å². The first-order valence-corrected chi connectivity index (χ1v) is 7.67. The number of hydrogen-bond acceptors (Lipinski definition) is 3. The van der Waals surface area contributed by atoms with Gasteiger partial charge in [0.2, 0.25) is 0 Å². The molecule has 1 aromatic carbocycles. The van der Waals surface area contributed by atoms with Gasteiger partial charge in [-0.1, -0.05) is 13.0 Å². The number of aliphatic hydroxyl groups excluding tert-OH is 1. The zero-order valence-electron chi connectivity index (χ0n) is 12.5. The summed E-state index contributed by atoms with van der Waals surface area (Å²) in [6.45, 7) is 7.13. The van der Waals surface area contributed by atoms with Gasteiger partial charge in [-0.3, -0.25) is 0 Å². The summed E-state index contributed by atoms with van der Waals surface area (Å²) in [5.41, 5.74) is 2.22. The summed E-state index contributed by atoms with van der Waals surface area (Å²) < 4.78 is 11.5. The molecule has 3 nitrogen and oxygen atoms in total. The largest absolute Gasteiger partial charge is 0.493 e. The molecule has 5 unspecified atom stereocenters. The predicted octanol–water partition coefficient (Wildman–Crippen LogP) is 3.10. The van der Waals surface area contributed by atoms with Crippen molar-refractivity contribution in [2.24, 2.45) is 11.8 Å². The van der Waals surface area contributed by atoms with Crippen molar-refractivity contribution >= 4 is 0 Å². The number of rotatable bonds is 2. The van der Waals surface area contributed by atoms with E-state index in [1.807, 2.05) is 12.1 Å². The second-order valence-corrected chi connectivity index (χ2v) is 6.25. The van der Waals surface area contributed by atoms with Crippen LogP contribution in [0, 0.1) is 11.8 Å². The van der Waals surface area contributed by atoms with Crippen molar-refractivity contribution in [1.29, 1.82) is 0 Å². The fraction of sp³-hybridized carbons (Fsp3) is 0.647. The third kappa shape index (κ3) is 2.33. The van der Waals surface area contributed by atoms with Crippen molar-refractivity contribution in [2.75, 3.05) is 6.61 Å². The van der Waals surface area contributed by atoms with Crippen LogP contribution < -0.4 is 4.74 Å². The average molecular weight is 276 g/mol. The third-order valence-electron chi connectivity index (χ3n) is 4.96. The molecule has 0 amide bonds.